The maximum absolute atomic E-state index is 13.4. The Morgan fingerprint density at radius 1 is 0.719 bits per heavy atom. The molecule has 9 nitrogen and oxygen atoms in total. The Bertz CT molecular complexity index is 2900. The molecule has 0 amide bonds. The predicted molar refractivity (Wildman–Crippen MR) is 220 cm³/mol. The van der Waals surface area contributed by atoms with Gasteiger partial charge in [0.2, 0.25) is 0 Å². The van der Waals surface area contributed by atoms with Crippen LogP contribution >= 0.6 is 0 Å². The van der Waals surface area contributed by atoms with E-state index in [9.17, 15) is 19.8 Å². The van der Waals surface area contributed by atoms with Gasteiger partial charge in [0.05, 0.1) is 25.7 Å². The van der Waals surface area contributed by atoms with Crippen molar-refractivity contribution < 1.29 is 24.4 Å². The summed E-state index contributed by atoms with van der Waals surface area (Å²) in [5, 5.41) is 31.2. The van der Waals surface area contributed by atoms with E-state index in [-0.39, 0.29) is 12.0 Å². The van der Waals surface area contributed by atoms with Gasteiger partial charge in [-0.1, -0.05) is 127 Å². The minimum atomic E-state index is -1.46. The summed E-state index contributed by atoms with van der Waals surface area (Å²) in [4.78, 5) is 29.0. The zero-order valence-electron chi connectivity index (χ0n) is 31.2. The van der Waals surface area contributed by atoms with Gasteiger partial charge in [0.15, 0.2) is 0 Å². The number of nitrogens with one attached hydrogen (secondary N) is 1. The average Bonchev–Trinajstić information content (AvgIpc) is 3.64. The molecule has 0 spiro atoms. The lowest BCUT2D eigenvalue weighted by atomic mass is 9.63. The predicted octanol–water partition coefficient (Wildman–Crippen LogP) is 6.89. The molecule has 0 bridgehead atoms. The Morgan fingerprint density at radius 3 is 1.96 bits per heavy atom. The summed E-state index contributed by atoms with van der Waals surface area (Å²) in [5.41, 5.74) is -0.0924. The van der Waals surface area contributed by atoms with Crippen LogP contribution in [0, 0.1) is 11.8 Å². The molecule has 7 aromatic carbocycles. The third-order valence-electron chi connectivity index (χ3n) is 11.3. The van der Waals surface area contributed by atoms with E-state index >= 15 is 0 Å². The highest BCUT2D eigenvalue weighted by molar-refractivity contribution is 6.23. The number of ether oxygens (including phenoxy) is 3. The second kappa shape index (κ2) is 14.4. The second-order valence-electron chi connectivity index (χ2n) is 14.3. The van der Waals surface area contributed by atoms with E-state index in [2.05, 4.69) is 47.2 Å². The number of H-pyrrole nitrogens is 1. The number of aliphatic hydroxyl groups excluding tert-OH is 2. The lowest BCUT2D eigenvalue weighted by Gasteiger charge is -2.43. The van der Waals surface area contributed by atoms with E-state index in [0.29, 0.717) is 28.2 Å². The minimum Gasteiger partial charge on any atom is -0.496 e. The zero-order valence-corrected chi connectivity index (χ0v) is 31.2. The second-order valence-corrected chi connectivity index (χ2v) is 14.3. The standard InChI is InChI=1S/C48H38N2O7/c1-55-39-17-8-6-15-36(39)48(34-13-4-3-5-14-34,37-16-7-9-18-40(37)56-2)45(52)44-38(51)27-41(57-44)50-28-33(46(53)49-47(50)54)24-20-29-19-21-32-23-22-30-11-10-12-31-25-26-35(29)43(32)42(30)31/h3-19,21-23,25-26,28,38,41,44-45,51-52H,27H2,1-2H3,(H,49,53,54)/t38-,41+,44-,45?/m0/s1. The largest absolute Gasteiger partial charge is 0.496 e. The quantitative estimate of drug-likeness (QED) is 0.0877. The van der Waals surface area contributed by atoms with Crippen LogP contribution in [0.25, 0.3) is 32.3 Å². The van der Waals surface area contributed by atoms with Crippen LogP contribution in [0.4, 0.5) is 0 Å². The molecule has 2 heterocycles. The SMILES string of the molecule is COc1ccccc1C(c1ccccc1)(c1ccccc1OC)C(O)[C@H]1O[C@@H](n2cc(C#Cc3ccc4ccc5cccc6ccc3c4c56)c(=O)[nH]c2=O)C[C@@H]1O. The summed E-state index contributed by atoms with van der Waals surface area (Å²) in [6.45, 7) is 0. The van der Waals surface area contributed by atoms with E-state index in [1.165, 1.54) is 10.8 Å². The summed E-state index contributed by atoms with van der Waals surface area (Å²) < 4.78 is 19.5. The molecule has 1 aromatic heterocycles. The Balaban J connectivity index is 1.12. The molecule has 8 aromatic rings. The van der Waals surface area contributed by atoms with Crippen LogP contribution in [-0.2, 0) is 10.2 Å². The molecule has 0 saturated carbocycles. The number of hydrogen-bond acceptors (Lipinski definition) is 7. The average molecular weight is 755 g/mol. The maximum atomic E-state index is 13.4. The Morgan fingerprint density at radius 2 is 1.30 bits per heavy atom. The smallest absolute Gasteiger partial charge is 0.330 e. The highest BCUT2D eigenvalue weighted by Crippen LogP contribution is 2.51. The van der Waals surface area contributed by atoms with Crippen LogP contribution in [0.15, 0.2) is 149 Å². The fourth-order valence-electron chi connectivity index (χ4n) is 8.73. The molecule has 0 radical (unpaired) electrons. The Labute approximate surface area is 327 Å². The van der Waals surface area contributed by atoms with Gasteiger partial charge in [0.25, 0.3) is 5.56 Å². The third-order valence-corrected chi connectivity index (χ3v) is 11.3. The first-order valence-electron chi connectivity index (χ1n) is 18.7. The van der Waals surface area contributed by atoms with Crippen molar-refractivity contribution in [1.82, 2.24) is 9.55 Å². The van der Waals surface area contributed by atoms with Gasteiger partial charge >= 0.3 is 5.69 Å². The number of methoxy groups -OCH3 is 2. The summed E-state index contributed by atoms with van der Waals surface area (Å²) in [7, 11) is 3.13. The van der Waals surface area contributed by atoms with Gasteiger partial charge in [0, 0.05) is 29.3 Å². The molecular formula is C48H38N2O7. The van der Waals surface area contributed by atoms with Crippen molar-refractivity contribution in [2.75, 3.05) is 14.2 Å². The summed E-state index contributed by atoms with van der Waals surface area (Å²) in [6.07, 6.45) is -3.67. The first kappa shape index (κ1) is 36.0. The molecular weight excluding hydrogens is 717 g/mol. The lowest BCUT2D eigenvalue weighted by molar-refractivity contribution is -0.0980. The number of nitrogens with zero attached hydrogens (tertiary/aromatic N) is 1. The van der Waals surface area contributed by atoms with Crippen molar-refractivity contribution >= 4 is 32.3 Å². The highest BCUT2D eigenvalue weighted by Gasteiger charge is 2.54. The van der Waals surface area contributed by atoms with Crippen LogP contribution in [0.5, 0.6) is 11.5 Å². The monoisotopic (exact) mass is 754 g/mol. The van der Waals surface area contributed by atoms with E-state index in [4.69, 9.17) is 14.2 Å². The van der Waals surface area contributed by atoms with Crippen LogP contribution in [0.2, 0.25) is 0 Å². The van der Waals surface area contributed by atoms with Gasteiger partial charge < -0.3 is 24.4 Å². The number of aromatic amines is 1. The topological polar surface area (TPSA) is 123 Å². The molecule has 9 heteroatoms. The number of hydrogen-bond donors (Lipinski definition) is 3. The van der Waals surface area contributed by atoms with Crippen LogP contribution in [0.1, 0.15) is 40.5 Å². The van der Waals surface area contributed by atoms with Crippen LogP contribution < -0.4 is 20.7 Å². The fraction of sp³-hybridized carbons (Fsp3) is 0.167. The summed E-state index contributed by atoms with van der Waals surface area (Å²) in [6, 6.07) is 42.7. The first-order valence-corrected chi connectivity index (χ1v) is 18.7. The van der Waals surface area contributed by atoms with Gasteiger partial charge in [-0.05, 0) is 56.1 Å². The molecule has 1 unspecified atom stereocenters. The molecule has 1 aliphatic rings. The Kier molecular flexibility index (Phi) is 9.10. The van der Waals surface area contributed by atoms with Crippen molar-refractivity contribution in [3.05, 3.63) is 188 Å². The molecule has 1 saturated heterocycles. The van der Waals surface area contributed by atoms with Crippen molar-refractivity contribution in [3.63, 3.8) is 0 Å². The minimum absolute atomic E-state index is 0.0454. The molecule has 282 valence electrons. The fourth-order valence-corrected chi connectivity index (χ4v) is 8.73. The lowest BCUT2D eigenvalue weighted by Crippen LogP contribution is -2.51. The third kappa shape index (κ3) is 5.85. The van der Waals surface area contributed by atoms with Crippen molar-refractivity contribution in [2.24, 2.45) is 0 Å². The van der Waals surface area contributed by atoms with Crippen molar-refractivity contribution in [3.8, 4) is 23.3 Å². The molecule has 57 heavy (non-hydrogen) atoms. The van der Waals surface area contributed by atoms with Gasteiger partial charge in [-0.25, -0.2) is 4.79 Å². The normalized spacial score (nSPS) is 17.4. The van der Waals surface area contributed by atoms with E-state index in [1.807, 2.05) is 103 Å². The van der Waals surface area contributed by atoms with E-state index in [0.717, 1.165) is 37.9 Å². The molecule has 9 rings (SSSR count). The van der Waals surface area contributed by atoms with Gasteiger partial charge in [-0.15, -0.1) is 0 Å². The molecule has 0 aliphatic carbocycles. The molecule has 1 fully saturated rings. The van der Waals surface area contributed by atoms with Crippen LogP contribution in [-0.4, -0.2) is 52.3 Å². The number of aliphatic hydroxyl groups is 2. The van der Waals surface area contributed by atoms with Gasteiger partial charge in [-0.3, -0.25) is 14.3 Å². The summed E-state index contributed by atoms with van der Waals surface area (Å²) in [5.74, 6) is 7.19. The van der Waals surface area contributed by atoms with E-state index in [1.54, 1.807) is 14.2 Å². The van der Waals surface area contributed by atoms with E-state index < -0.39 is 41.2 Å². The van der Waals surface area contributed by atoms with Crippen molar-refractivity contribution in [2.45, 2.75) is 36.4 Å². The maximum Gasteiger partial charge on any atom is 0.330 e. The number of rotatable bonds is 8. The van der Waals surface area contributed by atoms with Gasteiger partial charge in [0.1, 0.15) is 35.5 Å². The number of aromatic nitrogens is 2. The zero-order chi connectivity index (χ0) is 39.3. The molecule has 1 aliphatic heterocycles. The number of benzene rings is 7. The molecule has 4 atom stereocenters. The summed E-state index contributed by atoms with van der Waals surface area (Å²) >= 11 is 0. The van der Waals surface area contributed by atoms with Crippen LogP contribution in [0.3, 0.4) is 0 Å². The van der Waals surface area contributed by atoms with Crippen molar-refractivity contribution in [1.29, 1.82) is 0 Å². The number of para-hydroxylation sites is 2. The highest BCUT2D eigenvalue weighted by atomic mass is 16.5. The molecule has 3 N–H and O–H groups in total. The Hall–Kier alpha value is -6.70. The van der Waals surface area contributed by atoms with Gasteiger partial charge in [-0.2, -0.15) is 0 Å². The first-order chi connectivity index (χ1) is 27.8.